The predicted octanol–water partition coefficient (Wildman–Crippen LogP) is 4.66. The average molecular weight is 515 g/mol. The number of piperidine rings is 1. The molecule has 1 unspecified atom stereocenters. The average Bonchev–Trinajstić information content (AvgIpc) is 3.10. The highest BCUT2D eigenvalue weighted by atomic mass is 19.4. The van der Waals surface area contributed by atoms with E-state index in [9.17, 15) is 35.9 Å². The van der Waals surface area contributed by atoms with Crippen LogP contribution in [0.15, 0.2) is 48.5 Å². The first-order valence-electron chi connectivity index (χ1n) is 11.1. The van der Waals surface area contributed by atoms with Gasteiger partial charge in [0.05, 0.1) is 29.4 Å². The Balaban J connectivity index is 1.59. The van der Waals surface area contributed by atoms with Gasteiger partial charge < -0.3 is 15.4 Å². The lowest BCUT2D eigenvalue weighted by Crippen LogP contribution is -2.64. The molecule has 194 valence electrons. The van der Waals surface area contributed by atoms with E-state index in [0.29, 0.717) is 18.6 Å². The molecule has 2 aliphatic heterocycles. The van der Waals surface area contributed by atoms with Crippen molar-refractivity contribution < 1.29 is 40.7 Å². The van der Waals surface area contributed by atoms with Crippen LogP contribution in [-0.4, -0.2) is 30.6 Å². The Bertz CT molecular complexity index is 1110. The molecule has 3 N–H and O–H groups in total. The van der Waals surface area contributed by atoms with Crippen LogP contribution in [0.5, 0.6) is 0 Å². The fraction of sp³-hybridized carbons (Fsp3) is 0.417. The third-order valence-corrected chi connectivity index (χ3v) is 6.71. The van der Waals surface area contributed by atoms with Crippen molar-refractivity contribution in [3.05, 3.63) is 70.8 Å². The lowest BCUT2D eigenvalue weighted by molar-refractivity contribution is -0.143. The Morgan fingerprint density at radius 3 is 2.03 bits per heavy atom. The summed E-state index contributed by atoms with van der Waals surface area (Å²) in [4.78, 5) is 24.0. The number of carbonyl (C=O) groups is 2. The van der Waals surface area contributed by atoms with Crippen LogP contribution in [0, 0.1) is 0 Å². The Labute approximate surface area is 202 Å². The van der Waals surface area contributed by atoms with Gasteiger partial charge in [-0.15, -0.1) is 0 Å². The maximum Gasteiger partial charge on any atom is 0.416 e. The van der Waals surface area contributed by atoms with Crippen LogP contribution in [0.25, 0.3) is 0 Å². The second kappa shape index (κ2) is 9.07. The first-order valence-corrected chi connectivity index (χ1v) is 11.1. The van der Waals surface area contributed by atoms with Gasteiger partial charge in [-0.05, 0) is 49.1 Å². The number of benzene rings is 2. The third kappa shape index (κ3) is 5.05. The van der Waals surface area contributed by atoms with Gasteiger partial charge in [-0.3, -0.25) is 10.1 Å². The Morgan fingerprint density at radius 2 is 1.56 bits per heavy atom. The van der Waals surface area contributed by atoms with E-state index in [1.807, 2.05) is 0 Å². The van der Waals surface area contributed by atoms with Crippen molar-refractivity contribution in [2.24, 2.45) is 0 Å². The minimum absolute atomic E-state index is 0.0546. The monoisotopic (exact) mass is 515 g/mol. The topological polar surface area (TPSA) is 79.5 Å². The number of imide groups is 1. The van der Waals surface area contributed by atoms with Gasteiger partial charge in [0.2, 0.25) is 0 Å². The van der Waals surface area contributed by atoms with Crippen LogP contribution in [0.2, 0.25) is 0 Å². The standard InChI is InChI=1S/C24H23F6N3O3/c1-14(15-9-17(23(25,26)27)11-18(10-15)24(28,29)30)36-13-22(16-5-3-2-4-6-16)8-7-21(12-31-22)19(34)32-20(35)33-21/h2-6,9-11,14,31H,7-8,12-13H2,1H3,(H2,32,33,34,35)/t14-,21?,22-/m1/s1. The highest BCUT2D eigenvalue weighted by molar-refractivity contribution is 6.07. The number of alkyl halides is 6. The van der Waals surface area contributed by atoms with Gasteiger partial charge in [0, 0.05) is 6.54 Å². The molecule has 0 radical (unpaired) electrons. The number of halogens is 6. The zero-order chi connectivity index (χ0) is 26.4. The molecule has 4 rings (SSSR count). The number of rotatable bonds is 5. The van der Waals surface area contributed by atoms with E-state index < -0.39 is 52.6 Å². The molecule has 12 heteroatoms. The second-order valence-corrected chi connectivity index (χ2v) is 9.08. The molecule has 2 saturated heterocycles. The highest BCUT2D eigenvalue weighted by Gasteiger charge is 2.52. The minimum atomic E-state index is -4.97. The van der Waals surface area contributed by atoms with E-state index in [0.717, 1.165) is 5.56 Å². The molecule has 2 aliphatic rings. The van der Waals surface area contributed by atoms with Crippen molar-refractivity contribution in [1.82, 2.24) is 16.0 Å². The lowest BCUT2D eigenvalue weighted by atomic mass is 9.76. The SMILES string of the molecule is C[C@@H](OC[C@@]1(c2ccccc2)CCC2(CN1)NC(=O)NC2=O)c1cc(C(F)(F)F)cc(C(F)(F)F)c1. The molecule has 0 bridgehead atoms. The van der Waals surface area contributed by atoms with Crippen LogP contribution in [0.1, 0.15) is 48.1 Å². The molecule has 6 nitrogen and oxygen atoms in total. The van der Waals surface area contributed by atoms with E-state index in [2.05, 4.69) is 16.0 Å². The van der Waals surface area contributed by atoms with E-state index in [-0.39, 0.29) is 31.2 Å². The van der Waals surface area contributed by atoms with Crippen LogP contribution in [-0.2, 0) is 27.4 Å². The van der Waals surface area contributed by atoms with Crippen molar-refractivity contribution >= 4 is 11.9 Å². The number of hydrogen-bond acceptors (Lipinski definition) is 4. The summed E-state index contributed by atoms with van der Waals surface area (Å²) in [5.41, 5.74) is -4.39. The molecule has 2 aromatic carbocycles. The first kappa shape index (κ1) is 26.0. The summed E-state index contributed by atoms with van der Waals surface area (Å²) in [5, 5.41) is 8.08. The van der Waals surface area contributed by atoms with Gasteiger partial charge in [-0.2, -0.15) is 26.3 Å². The van der Waals surface area contributed by atoms with E-state index in [4.69, 9.17) is 4.74 Å². The molecule has 0 aliphatic carbocycles. The number of hydrogen-bond donors (Lipinski definition) is 3. The summed E-state index contributed by atoms with van der Waals surface area (Å²) in [5.74, 6) is -0.473. The molecule has 0 saturated carbocycles. The molecule has 3 atom stereocenters. The lowest BCUT2D eigenvalue weighted by Gasteiger charge is -2.45. The molecule has 1 spiro atoms. The van der Waals surface area contributed by atoms with Crippen LogP contribution in [0.4, 0.5) is 31.1 Å². The summed E-state index contributed by atoms with van der Waals surface area (Å²) in [7, 11) is 0. The molecular formula is C24H23F6N3O3. The molecule has 3 amide bonds. The number of amides is 3. The van der Waals surface area contributed by atoms with Gasteiger partial charge >= 0.3 is 18.4 Å². The van der Waals surface area contributed by atoms with E-state index in [1.54, 1.807) is 30.3 Å². The summed E-state index contributed by atoms with van der Waals surface area (Å²) in [6.45, 7) is 1.32. The van der Waals surface area contributed by atoms with Crippen LogP contribution in [0.3, 0.4) is 0 Å². The molecular weight excluding hydrogens is 492 g/mol. The second-order valence-electron chi connectivity index (χ2n) is 9.08. The van der Waals surface area contributed by atoms with Gasteiger partial charge in [-0.1, -0.05) is 30.3 Å². The summed E-state index contributed by atoms with van der Waals surface area (Å²) in [6, 6.07) is 9.72. The number of nitrogens with one attached hydrogen (secondary N) is 3. The molecule has 2 fully saturated rings. The van der Waals surface area contributed by atoms with Crippen LogP contribution >= 0.6 is 0 Å². The largest absolute Gasteiger partial charge is 0.416 e. The van der Waals surface area contributed by atoms with E-state index >= 15 is 0 Å². The smallest absolute Gasteiger partial charge is 0.372 e. The summed E-state index contributed by atoms with van der Waals surface area (Å²) < 4.78 is 85.6. The van der Waals surface area contributed by atoms with Gasteiger partial charge in [-0.25, -0.2) is 4.79 Å². The van der Waals surface area contributed by atoms with Gasteiger partial charge in [0.25, 0.3) is 5.91 Å². The molecule has 36 heavy (non-hydrogen) atoms. The first-order chi connectivity index (χ1) is 16.7. The highest BCUT2D eigenvalue weighted by Crippen LogP contribution is 2.40. The van der Waals surface area contributed by atoms with Gasteiger partial charge in [0.1, 0.15) is 5.54 Å². The fourth-order valence-corrected chi connectivity index (χ4v) is 4.54. The quantitative estimate of drug-likeness (QED) is 0.400. The normalized spacial score (nSPS) is 25.5. The zero-order valence-electron chi connectivity index (χ0n) is 19.0. The number of urea groups is 1. The summed E-state index contributed by atoms with van der Waals surface area (Å²) in [6.07, 6.45) is -10.5. The zero-order valence-corrected chi connectivity index (χ0v) is 19.0. The van der Waals surface area contributed by atoms with Gasteiger partial charge in [0.15, 0.2) is 0 Å². The predicted molar refractivity (Wildman–Crippen MR) is 116 cm³/mol. The molecule has 2 heterocycles. The molecule has 0 aromatic heterocycles. The van der Waals surface area contributed by atoms with E-state index in [1.165, 1.54) is 6.92 Å². The molecule has 2 aromatic rings. The van der Waals surface area contributed by atoms with Crippen LogP contribution < -0.4 is 16.0 Å². The van der Waals surface area contributed by atoms with Crippen molar-refractivity contribution in [3.63, 3.8) is 0 Å². The number of carbonyl (C=O) groups excluding carboxylic acids is 2. The Hall–Kier alpha value is -3.12. The maximum atomic E-state index is 13.3. The van der Waals surface area contributed by atoms with Crippen molar-refractivity contribution in [1.29, 1.82) is 0 Å². The third-order valence-electron chi connectivity index (χ3n) is 6.71. The maximum absolute atomic E-state index is 13.3. The Morgan fingerprint density at radius 1 is 0.944 bits per heavy atom. The minimum Gasteiger partial charge on any atom is -0.372 e. The van der Waals surface area contributed by atoms with Crippen molar-refractivity contribution in [2.45, 2.75) is 49.3 Å². The summed E-state index contributed by atoms with van der Waals surface area (Å²) >= 11 is 0. The fourth-order valence-electron chi connectivity index (χ4n) is 4.54. The van der Waals surface area contributed by atoms with Crippen molar-refractivity contribution in [3.8, 4) is 0 Å². The Kier molecular flexibility index (Phi) is 6.54. The number of ether oxygens (including phenoxy) is 1. The van der Waals surface area contributed by atoms with Crippen molar-refractivity contribution in [2.75, 3.05) is 13.2 Å².